The Hall–Kier alpha value is -2.05. The Morgan fingerprint density at radius 3 is 2.73 bits per heavy atom. The van der Waals surface area contributed by atoms with Gasteiger partial charge >= 0.3 is 6.09 Å². The van der Waals surface area contributed by atoms with Crippen LogP contribution in [0.5, 0.6) is 0 Å². The zero-order valence-corrected chi connectivity index (χ0v) is 16.0. The van der Waals surface area contributed by atoms with Gasteiger partial charge in [0.15, 0.2) is 0 Å². The first-order valence-electron chi connectivity index (χ1n) is 8.65. The lowest BCUT2D eigenvalue weighted by molar-refractivity contribution is -0.00149. The van der Waals surface area contributed by atoms with Crippen molar-refractivity contribution in [3.63, 3.8) is 0 Å². The molecule has 2 aromatic rings. The summed E-state index contributed by atoms with van der Waals surface area (Å²) in [6, 6.07) is 5.58. The van der Waals surface area contributed by atoms with Gasteiger partial charge in [-0.05, 0) is 56.3 Å². The first-order chi connectivity index (χ1) is 12.1. The van der Waals surface area contributed by atoms with Crippen LogP contribution in [0.4, 0.5) is 10.6 Å². The number of carbonyl (C=O) groups excluding carboxylic acids is 1. The number of nitrogen functional groups attached to an aromatic ring is 1. The zero-order valence-electron chi connectivity index (χ0n) is 15.2. The van der Waals surface area contributed by atoms with Crippen LogP contribution < -0.4 is 5.73 Å². The Bertz CT molecular complexity index is 835. The van der Waals surface area contributed by atoms with E-state index < -0.39 is 17.8 Å². The molecule has 1 aromatic heterocycles. The summed E-state index contributed by atoms with van der Waals surface area (Å²) in [4.78, 5) is 17.8. The van der Waals surface area contributed by atoms with E-state index in [4.69, 9.17) is 22.1 Å². The number of halogens is 1. The molecule has 2 unspecified atom stereocenters. The fraction of sp³-hybridized carbons (Fsp3) is 0.474. The lowest BCUT2D eigenvalue weighted by atomic mass is 9.86. The Labute approximate surface area is 157 Å². The number of piperidine rings is 1. The van der Waals surface area contributed by atoms with Gasteiger partial charge in [-0.1, -0.05) is 11.6 Å². The van der Waals surface area contributed by atoms with Crippen LogP contribution in [0, 0.1) is 0 Å². The van der Waals surface area contributed by atoms with Gasteiger partial charge < -0.3 is 20.5 Å². The minimum absolute atomic E-state index is 0.153. The maximum Gasteiger partial charge on any atom is 0.410 e. The number of aromatic nitrogens is 1. The van der Waals surface area contributed by atoms with Crippen molar-refractivity contribution < 1.29 is 14.6 Å². The number of hydrogen-bond acceptors (Lipinski definition) is 5. The van der Waals surface area contributed by atoms with Gasteiger partial charge in [0, 0.05) is 29.1 Å². The molecule has 0 saturated carbocycles. The highest BCUT2D eigenvalue weighted by Crippen LogP contribution is 2.36. The quantitative estimate of drug-likeness (QED) is 0.793. The van der Waals surface area contributed by atoms with Crippen LogP contribution in [0.1, 0.15) is 38.7 Å². The molecule has 1 aliphatic heterocycles. The van der Waals surface area contributed by atoms with Gasteiger partial charge in [0.25, 0.3) is 0 Å². The molecule has 3 rings (SSSR count). The minimum atomic E-state index is -0.717. The van der Waals surface area contributed by atoms with E-state index in [0.29, 0.717) is 23.8 Å². The summed E-state index contributed by atoms with van der Waals surface area (Å²) >= 11 is 6.45. The van der Waals surface area contributed by atoms with Crippen LogP contribution in [-0.2, 0) is 4.74 Å². The van der Waals surface area contributed by atoms with Gasteiger partial charge in [-0.3, -0.25) is 0 Å². The molecule has 6 nitrogen and oxygen atoms in total. The predicted octanol–water partition coefficient (Wildman–Crippen LogP) is 3.56. The van der Waals surface area contributed by atoms with Crippen molar-refractivity contribution in [2.75, 3.05) is 18.8 Å². The maximum atomic E-state index is 12.2. The van der Waals surface area contributed by atoms with Crippen molar-refractivity contribution in [2.24, 2.45) is 0 Å². The number of amides is 1. The first kappa shape index (κ1) is 18.7. The number of fused-ring (bicyclic) bond motifs is 1. The van der Waals surface area contributed by atoms with Crippen LogP contribution in [-0.4, -0.2) is 45.9 Å². The van der Waals surface area contributed by atoms with Gasteiger partial charge in [-0.15, -0.1) is 0 Å². The molecular formula is C19H24ClN3O3. The number of ether oxygens (including phenoxy) is 1. The van der Waals surface area contributed by atoms with E-state index in [1.165, 1.54) is 0 Å². The van der Waals surface area contributed by atoms with E-state index in [-0.39, 0.29) is 12.5 Å². The van der Waals surface area contributed by atoms with E-state index in [0.717, 1.165) is 16.3 Å². The second kappa shape index (κ2) is 6.93. The zero-order chi connectivity index (χ0) is 19.1. The number of rotatable bonds is 1. The number of β-amino-alcohol motifs (C(OH)–C–C–N with tert-alkyl or cyclic N) is 1. The second-order valence-corrected chi connectivity index (χ2v) is 8.13. The third-order valence-electron chi connectivity index (χ3n) is 4.49. The third kappa shape index (κ3) is 4.02. The van der Waals surface area contributed by atoms with E-state index in [1.54, 1.807) is 17.2 Å². The molecular weight excluding hydrogens is 354 g/mol. The maximum absolute atomic E-state index is 12.2. The van der Waals surface area contributed by atoms with E-state index in [1.807, 2.05) is 32.9 Å². The largest absolute Gasteiger partial charge is 0.444 e. The molecule has 26 heavy (non-hydrogen) atoms. The molecule has 1 aromatic carbocycles. The lowest BCUT2D eigenvalue weighted by Crippen LogP contribution is -2.47. The first-order valence-corrected chi connectivity index (χ1v) is 9.02. The molecule has 140 valence electrons. The van der Waals surface area contributed by atoms with E-state index in [9.17, 15) is 9.90 Å². The van der Waals surface area contributed by atoms with Crippen LogP contribution >= 0.6 is 11.6 Å². The van der Waals surface area contributed by atoms with Crippen molar-refractivity contribution >= 4 is 34.3 Å². The number of pyridine rings is 1. The average Bonchev–Trinajstić information content (AvgIpc) is 2.53. The van der Waals surface area contributed by atoms with Crippen LogP contribution in [0.15, 0.2) is 24.4 Å². The van der Waals surface area contributed by atoms with Gasteiger partial charge in [-0.25, -0.2) is 9.78 Å². The molecule has 1 aliphatic rings. The molecule has 1 amide bonds. The number of benzene rings is 1. The molecule has 0 bridgehead atoms. The van der Waals surface area contributed by atoms with E-state index in [2.05, 4.69) is 4.98 Å². The summed E-state index contributed by atoms with van der Waals surface area (Å²) in [5.74, 6) is 0.283. The summed E-state index contributed by atoms with van der Waals surface area (Å²) in [7, 11) is 0. The van der Waals surface area contributed by atoms with Crippen molar-refractivity contribution in [1.82, 2.24) is 9.88 Å². The number of aliphatic hydroxyl groups excluding tert-OH is 1. The SMILES string of the molecule is CC(C)(C)OC(=O)N1CCC(c2cc3cc(N)ncc3cc2Cl)C(O)C1. The number of nitrogens with zero attached hydrogens (tertiary/aromatic N) is 2. The number of hydrogen-bond donors (Lipinski definition) is 2. The Morgan fingerprint density at radius 1 is 1.35 bits per heavy atom. The molecule has 0 spiro atoms. The Kier molecular flexibility index (Phi) is 4.99. The number of carbonyl (C=O) groups is 1. The highest BCUT2D eigenvalue weighted by molar-refractivity contribution is 6.32. The van der Waals surface area contributed by atoms with E-state index >= 15 is 0 Å². The fourth-order valence-electron chi connectivity index (χ4n) is 3.27. The smallest absolute Gasteiger partial charge is 0.410 e. The molecule has 2 heterocycles. The summed E-state index contributed by atoms with van der Waals surface area (Å²) in [5, 5.41) is 13.1. The van der Waals surface area contributed by atoms with Gasteiger partial charge in [0.05, 0.1) is 12.6 Å². The second-order valence-electron chi connectivity index (χ2n) is 7.72. The van der Waals surface area contributed by atoms with Crippen molar-refractivity contribution in [1.29, 1.82) is 0 Å². The van der Waals surface area contributed by atoms with Crippen molar-refractivity contribution in [3.05, 3.63) is 35.0 Å². The minimum Gasteiger partial charge on any atom is -0.444 e. The molecule has 1 saturated heterocycles. The van der Waals surface area contributed by atoms with Crippen LogP contribution in [0.25, 0.3) is 10.8 Å². The highest BCUT2D eigenvalue weighted by atomic mass is 35.5. The average molecular weight is 378 g/mol. The predicted molar refractivity (Wildman–Crippen MR) is 102 cm³/mol. The Morgan fingerprint density at radius 2 is 2.08 bits per heavy atom. The number of anilines is 1. The molecule has 7 heteroatoms. The molecule has 0 radical (unpaired) electrons. The monoisotopic (exact) mass is 377 g/mol. The Balaban J connectivity index is 1.80. The molecule has 2 atom stereocenters. The van der Waals surface area contributed by atoms with Crippen LogP contribution in [0.2, 0.25) is 5.02 Å². The standard InChI is InChI=1S/C19H24ClN3O3/c1-19(2,3)26-18(25)23-5-4-13(16(24)10-23)14-6-11-8-17(21)22-9-12(11)7-15(14)20/h6-9,13,16,24H,4-5,10H2,1-3H3,(H2,21,22). The van der Waals surface area contributed by atoms with Gasteiger partial charge in [0.2, 0.25) is 0 Å². The third-order valence-corrected chi connectivity index (χ3v) is 4.82. The van der Waals surface area contributed by atoms with Crippen molar-refractivity contribution in [3.8, 4) is 0 Å². The highest BCUT2D eigenvalue weighted by Gasteiger charge is 2.34. The summed E-state index contributed by atoms with van der Waals surface area (Å²) in [6.45, 7) is 6.19. The van der Waals surface area contributed by atoms with Crippen molar-refractivity contribution in [2.45, 2.75) is 44.8 Å². The normalized spacial score (nSPS) is 21.0. The summed E-state index contributed by atoms with van der Waals surface area (Å²) in [5.41, 5.74) is 6.07. The molecule has 3 N–H and O–H groups in total. The van der Waals surface area contributed by atoms with Gasteiger partial charge in [0.1, 0.15) is 11.4 Å². The molecule has 1 fully saturated rings. The summed E-state index contributed by atoms with van der Waals surface area (Å²) in [6.07, 6.45) is 1.16. The summed E-state index contributed by atoms with van der Waals surface area (Å²) < 4.78 is 5.39. The molecule has 0 aliphatic carbocycles. The fourth-order valence-corrected chi connectivity index (χ4v) is 3.58. The van der Waals surface area contributed by atoms with Gasteiger partial charge in [-0.2, -0.15) is 0 Å². The number of likely N-dealkylation sites (tertiary alicyclic amines) is 1. The topological polar surface area (TPSA) is 88.7 Å². The number of aliphatic hydroxyl groups is 1. The number of nitrogens with two attached hydrogens (primary N) is 1. The van der Waals surface area contributed by atoms with Crippen LogP contribution in [0.3, 0.4) is 0 Å². The lowest BCUT2D eigenvalue weighted by Gasteiger charge is -2.37.